The highest BCUT2D eigenvalue weighted by molar-refractivity contribution is 7.99. The Morgan fingerprint density at radius 3 is 2.31 bits per heavy atom. The third-order valence-corrected chi connectivity index (χ3v) is 4.30. The van der Waals surface area contributed by atoms with Gasteiger partial charge >= 0.3 is 6.18 Å². The number of hydrogen-bond acceptors (Lipinski definition) is 5. The summed E-state index contributed by atoms with van der Waals surface area (Å²) in [6, 6.07) is 17.1. The second-order valence-electron chi connectivity index (χ2n) is 5.14. The first-order chi connectivity index (χ1) is 12.5. The van der Waals surface area contributed by atoms with Crippen LogP contribution in [0.15, 0.2) is 70.7 Å². The van der Waals surface area contributed by atoms with Crippen molar-refractivity contribution in [2.75, 3.05) is 5.32 Å². The average Bonchev–Trinajstić information content (AvgIpc) is 2.62. The fraction of sp³-hybridized carbons (Fsp3) is 0.0556. The second kappa shape index (κ2) is 7.45. The number of rotatable bonds is 4. The standard InChI is InChI=1S/C18H11F3N4S/c19-18(20,21)15-11-23-17(24-13-8-6-12(10-22)7-9-13)25-16(15)26-14-4-2-1-3-5-14/h1-9,11H,(H,23,24,25). The lowest BCUT2D eigenvalue weighted by Crippen LogP contribution is -2.10. The Balaban J connectivity index is 1.92. The number of nitriles is 1. The fourth-order valence-corrected chi connectivity index (χ4v) is 2.98. The molecule has 1 N–H and O–H groups in total. The molecule has 3 aromatic rings. The normalized spacial score (nSPS) is 11.0. The van der Waals surface area contributed by atoms with Crippen molar-refractivity contribution in [1.29, 1.82) is 5.26 Å². The van der Waals surface area contributed by atoms with Crippen LogP contribution in [0, 0.1) is 11.3 Å². The molecule has 0 fully saturated rings. The lowest BCUT2D eigenvalue weighted by molar-refractivity contribution is -0.140. The molecule has 0 aliphatic carbocycles. The molecule has 8 heteroatoms. The molecule has 26 heavy (non-hydrogen) atoms. The van der Waals surface area contributed by atoms with Gasteiger partial charge in [-0.05, 0) is 36.4 Å². The third-order valence-electron chi connectivity index (χ3n) is 3.29. The van der Waals surface area contributed by atoms with Crippen LogP contribution in [0.25, 0.3) is 0 Å². The van der Waals surface area contributed by atoms with Gasteiger partial charge in [0.25, 0.3) is 0 Å². The summed E-state index contributed by atoms with van der Waals surface area (Å²) in [7, 11) is 0. The van der Waals surface area contributed by atoms with Gasteiger partial charge in [-0.1, -0.05) is 30.0 Å². The van der Waals surface area contributed by atoms with Gasteiger partial charge in [0.2, 0.25) is 5.95 Å². The Morgan fingerprint density at radius 1 is 1.00 bits per heavy atom. The van der Waals surface area contributed by atoms with Gasteiger partial charge in [-0.2, -0.15) is 18.4 Å². The SMILES string of the molecule is N#Cc1ccc(Nc2ncc(C(F)(F)F)c(Sc3ccccc3)n2)cc1. The third kappa shape index (κ3) is 4.32. The van der Waals surface area contributed by atoms with Crippen molar-refractivity contribution < 1.29 is 13.2 Å². The first kappa shape index (κ1) is 17.8. The highest BCUT2D eigenvalue weighted by Crippen LogP contribution is 2.38. The number of anilines is 2. The van der Waals surface area contributed by atoms with E-state index in [2.05, 4.69) is 15.3 Å². The Labute approximate surface area is 151 Å². The predicted molar refractivity (Wildman–Crippen MR) is 92.0 cm³/mol. The van der Waals surface area contributed by atoms with Gasteiger partial charge in [0, 0.05) is 16.8 Å². The summed E-state index contributed by atoms with van der Waals surface area (Å²) in [4.78, 5) is 8.43. The average molecular weight is 372 g/mol. The van der Waals surface area contributed by atoms with E-state index >= 15 is 0 Å². The molecule has 0 unspecified atom stereocenters. The Bertz CT molecular complexity index is 935. The first-order valence-electron chi connectivity index (χ1n) is 7.40. The molecule has 0 radical (unpaired) electrons. The number of nitrogens with zero attached hydrogens (tertiary/aromatic N) is 3. The van der Waals surface area contributed by atoms with Crippen LogP contribution in [-0.2, 0) is 6.18 Å². The van der Waals surface area contributed by atoms with Crippen LogP contribution in [0.2, 0.25) is 0 Å². The lowest BCUT2D eigenvalue weighted by Gasteiger charge is -2.13. The monoisotopic (exact) mass is 372 g/mol. The largest absolute Gasteiger partial charge is 0.420 e. The molecule has 2 aromatic carbocycles. The van der Waals surface area contributed by atoms with E-state index in [1.807, 2.05) is 6.07 Å². The Morgan fingerprint density at radius 2 is 1.69 bits per heavy atom. The lowest BCUT2D eigenvalue weighted by atomic mass is 10.2. The second-order valence-corrected chi connectivity index (χ2v) is 6.20. The van der Waals surface area contributed by atoms with E-state index in [0.29, 0.717) is 16.1 Å². The number of halogens is 3. The summed E-state index contributed by atoms with van der Waals surface area (Å²) in [5, 5.41) is 11.5. The van der Waals surface area contributed by atoms with Gasteiger partial charge < -0.3 is 5.32 Å². The summed E-state index contributed by atoms with van der Waals surface area (Å²) in [6.45, 7) is 0. The summed E-state index contributed by atoms with van der Waals surface area (Å²) in [5.41, 5.74) is 0.153. The molecule has 0 aliphatic rings. The molecule has 0 atom stereocenters. The van der Waals surface area contributed by atoms with Crippen molar-refractivity contribution in [2.45, 2.75) is 16.1 Å². The number of alkyl halides is 3. The molecule has 4 nitrogen and oxygen atoms in total. The molecule has 0 saturated carbocycles. The van der Waals surface area contributed by atoms with Gasteiger partial charge in [-0.15, -0.1) is 0 Å². The smallest absolute Gasteiger partial charge is 0.324 e. The van der Waals surface area contributed by atoms with Gasteiger partial charge in [0.1, 0.15) is 10.6 Å². The van der Waals surface area contributed by atoms with Crippen molar-refractivity contribution in [1.82, 2.24) is 9.97 Å². The molecule has 0 aliphatic heterocycles. The highest BCUT2D eigenvalue weighted by Gasteiger charge is 2.35. The van der Waals surface area contributed by atoms with Crippen LogP contribution in [0.5, 0.6) is 0 Å². The van der Waals surface area contributed by atoms with Crippen molar-refractivity contribution in [3.63, 3.8) is 0 Å². The fourth-order valence-electron chi connectivity index (χ4n) is 2.06. The maximum atomic E-state index is 13.2. The van der Waals surface area contributed by atoms with Gasteiger partial charge in [-0.25, -0.2) is 9.97 Å². The van der Waals surface area contributed by atoms with Crippen molar-refractivity contribution in [3.05, 3.63) is 71.9 Å². The van der Waals surface area contributed by atoms with Crippen LogP contribution in [-0.4, -0.2) is 9.97 Å². The minimum atomic E-state index is -4.55. The minimum Gasteiger partial charge on any atom is -0.324 e. The van der Waals surface area contributed by atoms with E-state index in [1.165, 1.54) is 0 Å². The molecular formula is C18H11F3N4S. The maximum Gasteiger partial charge on any atom is 0.420 e. The zero-order valence-electron chi connectivity index (χ0n) is 13.2. The van der Waals surface area contributed by atoms with Crippen LogP contribution in [0.4, 0.5) is 24.8 Å². The van der Waals surface area contributed by atoms with E-state index in [0.717, 1.165) is 18.0 Å². The number of nitrogens with one attached hydrogen (secondary N) is 1. The van der Waals surface area contributed by atoms with Crippen molar-refractivity contribution in [2.24, 2.45) is 0 Å². The topological polar surface area (TPSA) is 61.6 Å². The summed E-state index contributed by atoms with van der Waals surface area (Å²) >= 11 is 0.918. The zero-order valence-corrected chi connectivity index (χ0v) is 14.0. The zero-order chi connectivity index (χ0) is 18.6. The quantitative estimate of drug-likeness (QED) is 0.633. The van der Waals surface area contributed by atoms with Gasteiger partial charge in [0.15, 0.2) is 0 Å². The molecule has 1 heterocycles. The molecule has 0 bridgehead atoms. The molecule has 0 amide bonds. The first-order valence-corrected chi connectivity index (χ1v) is 8.22. The van der Waals surface area contributed by atoms with Crippen LogP contribution in [0.1, 0.15) is 11.1 Å². The molecule has 3 rings (SSSR count). The van der Waals surface area contributed by atoms with E-state index in [4.69, 9.17) is 5.26 Å². The number of hydrogen-bond donors (Lipinski definition) is 1. The minimum absolute atomic E-state index is 0.0427. The Kier molecular flexibility index (Phi) is 5.09. The van der Waals surface area contributed by atoms with Crippen LogP contribution in [0.3, 0.4) is 0 Å². The predicted octanol–water partition coefficient (Wildman–Crippen LogP) is 5.26. The van der Waals surface area contributed by atoms with Crippen LogP contribution < -0.4 is 5.32 Å². The molecule has 0 spiro atoms. The molecular weight excluding hydrogens is 361 g/mol. The molecule has 0 saturated heterocycles. The van der Waals surface area contributed by atoms with Crippen LogP contribution >= 0.6 is 11.8 Å². The molecule has 1 aromatic heterocycles. The number of benzene rings is 2. The highest BCUT2D eigenvalue weighted by atomic mass is 32.2. The summed E-state index contributed by atoms with van der Waals surface area (Å²) in [6.07, 6.45) is -3.78. The van der Waals surface area contributed by atoms with E-state index < -0.39 is 11.7 Å². The maximum absolute atomic E-state index is 13.2. The van der Waals surface area contributed by atoms with Gasteiger partial charge in [-0.3, -0.25) is 0 Å². The summed E-state index contributed by atoms with van der Waals surface area (Å²) in [5.74, 6) is 0.0427. The molecule has 130 valence electrons. The number of aromatic nitrogens is 2. The van der Waals surface area contributed by atoms with E-state index in [1.54, 1.807) is 54.6 Å². The van der Waals surface area contributed by atoms with E-state index in [-0.39, 0.29) is 11.0 Å². The van der Waals surface area contributed by atoms with Gasteiger partial charge in [0.05, 0.1) is 11.6 Å². The Hall–Kier alpha value is -3.05. The summed E-state index contributed by atoms with van der Waals surface area (Å²) < 4.78 is 39.7. The van der Waals surface area contributed by atoms with Crippen molar-refractivity contribution in [3.8, 4) is 6.07 Å². The van der Waals surface area contributed by atoms with E-state index in [9.17, 15) is 13.2 Å². The van der Waals surface area contributed by atoms with Crippen molar-refractivity contribution >= 4 is 23.4 Å².